The fourth-order valence-electron chi connectivity index (χ4n) is 1.43. The van der Waals surface area contributed by atoms with Crippen molar-refractivity contribution in [3.05, 3.63) is 38.7 Å². The molecule has 0 aliphatic heterocycles. The second-order valence-corrected chi connectivity index (χ2v) is 4.22. The van der Waals surface area contributed by atoms with Crippen LogP contribution in [0.2, 0.25) is 0 Å². The maximum Gasteiger partial charge on any atom is 0.343 e. The van der Waals surface area contributed by atoms with Gasteiger partial charge in [-0.15, -0.1) is 0 Å². The van der Waals surface area contributed by atoms with Crippen molar-refractivity contribution < 1.29 is 9.53 Å². The van der Waals surface area contributed by atoms with Crippen molar-refractivity contribution in [2.45, 2.75) is 6.92 Å². The van der Waals surface area contributed by atoms with Gasteiger partial charge in [-0.1, -0.05) is 0 Å². The minimum atomic E-state index is -0.639. The molecule has 0 saturated carbocycles. The molecule has 5 nitrogen and oxygen atoms in total. The first kappa shape index (κ1) is 11.8. The highest BCUT2D eigenvalue weighted by Gasteiger charge is 2.14. The SMILES string of the molecule is CCOC(=O)c1c[nH]c2cc(Br)cnc2c1=O. The maximum atomic E-state index is 12.0. The Kier molecular flexibility index (Phi) is 3.23. The predicted molar refractivity (Wildman–Crippen MR) is 66.0 cm³/mol. The Morgan fingerprint density at radius 1 is 1.59 bits per heavy atom. The summed E-state index contributed by atoms with van der Waals surface area (Å²) < 4.78 is 5.54. The van der Waals surface area contributed by atoms with Crippen LogP contribution in [0.5, 0.6) is 0 Å². The molecular formula is C11H9BrN2O3. The molecule has 88 valence electrons. The lowest BCUT2D eigenvalue weighted by molar-refractivity contribution is 0.0524. The summed E-state index contributed by atoms with van der Waals surface area (Å²) in [5.41, 5.74) is 0.329. The molecule has 17 heavy (non-hydrogen) atoms. The molecule has 1 N–H and O–H groups in total. The van der Waals surface area contributed by atoms with E-state index in [4.69, 9.17) is 4.74 Å². The third-order valence-corrected chi connectivity index (χ3v) is 2.62. The van der Waals surface area contributed by atoms with Gasteiger partial charge in [-0.25, -0.2) is 9.78 Å². The number of halogens is 1. The number of esters is 1. The van der Waals surface area contributed by atoms with Gasteiger partial charge in [0.15, 0.2) is 0 Å². The molecule has 2 aromatic rings. The van der Waals surface area contributed by atoms with Gasteiger partial charge in [-0.2, -0.15) is 0 Å². The third kappa shape index (κ3) is 2.21. The van der Waals surface area contributed by atoms with Gasteiger partial charge < -0.3 is 9.72 Å². The Labute approximate surface area is 105 Å². The van der Waals surface area contributed by atoms with Crippen molar-refractivity contribution in [1.29, 1.82) is 0 Å². The molecule has 0 spiro atoms. The second kappa shape index (κ2) is 4.67. The summed E-state index contributed by atoms with van der Waals surface area (Å²) in [4.78, 5) is 30.3. The molecule has 2 aromatic heterocycles. The monoisotopic (exact) mass is 296 g/mol. The number of H-pyrrole nitrogens is 1. The number of aromatic nitrogens is 2. The average Bonchev–Trinajstić information content (AvgIpc) is 2.29. The van der Waals surface area contributed by atoms with E-state index in [2.05, 4.69) is 25.9 Å². The van der Waals surface area contributed by atoms with Crippen LogP contribution in [0, 0.1) is 0 Å². The second-order valence-electron chi connectivity index (χ2n) is 3.30. The lowest BCUT2D eigenvalue weighted by atomic mass is 10.2. The lowest BCUT2D eigenvalue weighted by Gasteiger charge is -2.02. The molecule has 2 heterocycles. The molecule has 0 unspecified atom stereocenters. The number of nitrogens with zero attached hydrogens (tertiary/aromatic N) is 1. The van der Waals surface area contributed by atoms with E-state index in [-0.39, 0.29) is 17.7 Å². The van der Waals surface area contributed by atoms with Crippen LogP contribution in [0.3, 0.4) is 0 Å². The minimum absolute atomic E-state index is 0.0332. The summed E-state index contributed by atoms with van der Waals surface area (Å²) in [7, 11) is 0. The van der Waals surface area contributed by atoms with E-state index in [0.717, 1.165) is 4.47 Å². The minimum Gasteiger partial charge on any atom is -0.462 e. The summed E-state index contributed by atoms with van der Waals surface area (Å²) in [6.07, 6.45) is 2.85. The number of carbonyl (C=O) groups excluding carboxylic acids is 1. The van der Waals surface area contributed by atoms with Crippen LogP contribution in [0.4, 0.5) is 0 Å². The van der Waals surface area contributed by atoms with Gasteiger partial charge in [-0.05, 0) is 28.9 Å². The lowest BCUT2D eigenvalue weighted by Crippen LogP contribution is -2.18. The maximum absolute atomic E-state index is 12.0. The van der Waals surface area contributed by atoms with E-state index in [0.29, 0.717) is 5.52 Å². The number of fused-ring (bicyclic) bond motifs is 1. The third-order valence-electron chi connectivity index (χ3n) is 2.18. The largest absolute Gasteiger partial charge is 0.462 e. The summed E-state index contributed by atoms with van der Waals surface area (Å²) >= 11 is 3.25. The van der Waals surface area contributed by atoms with Gasteiger partial charge in [0.25, 0.3) is 0 Å². The predicted octanol–water partition coefficient (Wildman–Crippen LogP) is 1.86. The van der Waals surface area contributed by atoms with Crippen LogP contribution in [0.15, 0.2) is 27.7 Å². The van der Waals surface area contributed by atoms with Crippen molar-refractivity contribution in [2.75, 3.05) is 6.61 Å². The van der Waals surface area contributed by atoms with E-state index in [1.54, 1.807) is 13.0 Å². The molecule has 0 aliphatic rings. The molecule has 0 aromatic carbocycles. The van der Waals surface area contributed by atoms with Crippen LogP contribution in [0.1, 0.15) is 17.3 Å². The zero-order valence-corrected chi connectivity index (χ0v) is 10.6. The van der Waals surface area contributed by atoms with Crippen molar-refractivity contribution in [3.63, 3.8) is 0 Å². The van der Waals surface area contributed by atoms with Crippen LogP contribution in [-0.2, 0) is 4.74 Å². The van der Waals surface area contributed by atoms with Gasteiger partial charge in [0.05, 0.1) is 12.1 Å². The number of pyridine rings is 2. The average molecular weight is 297 g/mol. The summed E-state index contributed by atoms with van der Waals surface area (Å²) in [6.45, 7) is 1.91. The highest BCUT2D eigenvalue weighted by molar-refractivity contribution is 9.10. The first-order valence-electron chi connectivity index (χ1n) is 4.97. The van der Waals surface area contributed by atoms with Crippen molar-refractivity contribution in [3.8, 4) is 0 Å². The molecule has 0 fully saturated rings. The Balaban J connectivity index is 2.62. The highest BCUT2D eigenvalue weighted by atomic mass is 79.9. The quantitative estimate of drug-likeness (QED) is 0.859. The zero-order chi connectivity index (χ0) is 12.4. The first-order valence-corrected chi connectivity index (χ1v) is 5.77. The van der Waals surface area contributed by atoms with Gasteiger partial charge in [0, 0.05) is 16.9 Å². The van der Waals surface area contributed by atoms with Gasteiger partial charge in [-0.3, -0.25) is 4.79 Å². The normalized spacial score (nSPS) is 10.5. The number of rotatable bonds is 2. The molecule has 0 bridgehead atoms. The van der Waals surface area contributed by atoms with Crippen molar-refractivity contribution in [2.24, 2.45) is 0 Å². The summed E-state index contributed by atoms with van der Waals surface area (Å²) in [5.74, 6) is -0.639. The number of ether oxygens (including phenoxy) is 1. The smallest absolute Gasteiger partial charge is 0.343 e. The molecule has 0 radical (unpaired) electrons. The Morgan fingerprint density at radius 2 is 2.35 bits per heavy atom. The van der Waals surface area contributed by atoms with E-state index >= 15 is 0 Å². The Morgan fingerprint density at radius 3 is 3.06 bits per heavy atom. The standard InChI is InChI=1S/C11H9BrN2O3/c1-2-17-11(16)7-5-13-8-3-6(12)4-14-9(8)10(7)15/h3-5H,2H2,1H3,(H,13,15). The first-order chi connectivity index (χ1) is 8.13. The van der Waals surface area contributed by atoms with Crippen LogP contribution in [-0.4, -0.2) is 22.5 Å². The van der Waals surface area contributed by atoms with Crippen molar-refractivity contribution in [1.82, 2.24) is 9.97 Å². The summed E-state index contributed by atoms with van der Waals surface area (Å²) in [5, 5.41) is 0. The highest BCUT2D eigenvalue weighted by Crippen LogP contribution is 2.13. The molecule has 0 atom stereocenters. The number of aromatic amines is 1. The summed E-state index contributed by atoms with van der Waals surface area (Å²) in [6, 6.07) is 1.72. The van der Waals surface area contributed by atoms with E-state index in [9.17, 15) is 9.59 Å². The fourth-order valence-corrected chi connectivity index (χ4v) is 1.77. The number of nitrogens with one attached hydrogen (secondary N) is 1. The van der Waals surface area contributed by atoms with E-state index in [1.807, 2.05) is 0 Å². The molecule has 0 saturated heterocycles. The zero-order valence-electron chi connectivity index (χ0n) is 8.99. The molecular weight excluding hydrogens is 288 g/mol. The Hall–Kier alpha value is -1.69. The van der Waals surface area contributed by atoms with E-state index < -0.39 is 11.4 Å². The molecule has 0 aliphatic carbocycles. The van der Waals surface area contributed by atoms with Crippen LogP contribution >= 0.6 is 15.9 Å². The fraction of sp³-hybridized carbons (Fsp3) is 0.182. The van der Waals surface area contributed by atoms with Gasteiger partial charge in [0.1, 0.15) is 11.1 Å². The van der Waals surface area contributed by atoms with Gasteiger partial charge in [0.2, 0.25) is 5.43 Å². The van der Waals surface area contributed by atoms with E-state index in [1.165, 1.54) is 12.4 Å². The number of hydrogen-bond donors (Lipinski definition) is 1. The van der Waals surface area contributed by atoms with Crippen LogP contribution in [0.25, 0.3) is 11.0 Å². The van der Waals surface area contributed by atoms with Gasteiger partial charge >= 0.3 is 5.97 Å². The molecule has 0 amide bonds. The van der Waals surface area contributed by atoms with Crippen LogP contribution < -0.4 is 5.43 Å². The Bertz CT molecular complexity index is 636. The number of hydrogen-bond acceptors (Lipinski definition) is 4. The number of carbonyl (C=O) groups is 1. The topological polar surface area (TPSA) is 72.1 Å². The molecule has 2 rings (SSSR count). The molecule has 6 heteroatoms. The van der Waals surface area contributed by atoms with Crippen molar-refractivity contribution >= 4 is 32.9 Å².